The molecule has 1 aromatic carbocycles. The molecule has 1 unspecified atom stereocenters. The molecule has 0 fully saturated rings. The van der Waals surface area contributed by atoms with Crippen molar-refractivity contribution < 1.29 is 18.8 Å². The minimum absolute atomic E-state index is 0.0732. The molecule has 1 aromatic heterocycles. The van der Waals surface area contributed by atoms with Crippen LogP contribution >= 0.6 is 15.9 Å². The number of amides is 1. The molecule has 1 amide bonds. The van der Waals surface area contributed by atoms with Crippen LogP contribution in [0.25, 0.3) is 0 Å². The summed E-state index contributed by atoms with van der Waals surface area (Å²) in [6.07, 6.45) is 0.384. The number of carbonyl (C=O) groups excluding carboxylic acids is 2. The van der Waals surface area contributed by atoms with E-state index in [4.69, 9.17) is 10.6 Å². The van der Waals surface area contributed by atoms with Crippen LogP contribution in [0.15, 0.2) is 41.0 Å². The van der Waals surface area contributed by atoms with Gasteiger partial charge in [-0.1, -0.05) is 19.1 Å². The number of nitrogens with two attached hydrogens (primary N) is 1. The number of halogens is 2. The summed E-state index contributed by atoms with van der Waals surface area (Å²) in [5, 5.41) is 0. The van der Waals surface area contributed by atoms with Crippen LogP contribution in [0.2, 0.25) is 0 Å². The van der Waals surface area contributed by atoms with Crippen molar-refractivity contribution >= 4 is 33.5 Å². The molecule has 1 heterocycles. The molecular weight excluding hydrogens is 381 g/mol. The Morgan fingerprint density at radius 3 is 2.79 bits per heavy atom. The lowest BCUT2D eigenvalue weighted by Crippen LogP contribution is -2.31. The number of rotatable bonds is 4. The first kappa shape index (κ1) is 17.9. The van der Waals surface area contributed by atoms with E-state index in [9.17, 15) is 14.0 Å². The highest BCUT2D eigenvalue weighted by molar-refractivity contribution is 9.10. The standard InChI is InChI=1S/C16H15BrFN3O3/c1-2-11(9-4-3-5-10(18)8-9)16(23)24-21-15(22)14-12(19)6-7-13(17)20-14/h3-8,11H,2,19H2,1H3,(H,21,22). The highest BCUT2D eigenvalue weighted by atomic mass is 79.9. The van der Waals surface area contributed by atoms with E-state index in [2.05, 4.69) is 20.9 Å². The van der Waals surface area contributed by atoms with Gasteiger partial charge in [0.15, 0.2) is 5.69 Å². The molecule has 2 aromatic rings. The predicted octanol–water partition coefficient (Wildman–Crippen LogP) is 2.95. The fraction of sp³-hybridized carbons (Fsp3) is 0.188. The van der Waals surface area contributed by atoms with E-state index in [-0.39, 0.29) is 11.4 Å². The maximum atomic E-state index is 13.3. The van der Waals surface area contributed by atoms with E-state index in [1.165, 1.54) is 24.3 Å². The van der Waals surface area contributed by atoms with Crippen molar-refractivity contribution in [2.75, 3.05) is 5.73 Å². The number of hydroxylamine groups is 1. The Morgan fingerprint density at radius 2 is 2.12 bits per heavy atom. The quantitative estimate of drug-likeness (QED) is 0.612. The van der Waals surface area contributed by atoms with Gasteiger partial charge in [0.2, 0.25) is 0 Å². The summed E-state index contributed by atoms with van der Waals surface area (Å²) in [4.78, 5) is 32.9. The number of carbonyl (C=O) groups is 2. The highest BCUT2D eigenvalue weighted by Gasteiger charge is 2.23. The van der Waals surface area contributed by atoms with Crippen LogP contribution in [0.4, 0.5) is 10.1 Å². The van der Waals surface area contributed by atoms with Gasteiger partial charge in [-0.05, 0) is 52.2 Å². The van der Waals surface area contributed by atoms with Crippen LogP contribution in [-0.4, -0.2) is 16.9 Å². The summed E-state index contributed by atoms with van der Waals surface area (Å²) in [6.45, 7) is 1.76. The third-order valence-corrected chi connectivity index (χ3v) is 3.74. The van der Waals surface area contributed by atoms with Crippen LogP contribution in [0.3, 0.4) is 0 Å². The van der Waals surface area contributed by atoms with Crippen molar-refractivity contribution in [1.29, 1.82) is 0 Å². The summed E-state index contributed by atoms with van der Waals surface area (Å²) in [5.74, 6) is -2.61. The molecule has 0 aliphatic carbocycles. The normalized spacial score (nSPS) is 11.6. The fourth-order valence-electron chi connectivity index (χ4n) is 2.11. The molecule has 2 rings (SSSR count). The Balaban J connectivity index is 2.06. The number of benzene rings is 1. The molecule has 0 aliphatic heterocycles. The summed E-state index contributed by atoms with van der Waals surface area (Å²) >= 11 is 3.13. The van der Waals surface area contributed by atoms with Gasteiger partial charge in [0.05, 0.1) is 11.6 Å². The average molecular weight is 396 g/mol. The maximum absolute atomic E-state index is 13.3. The molecule has 6 nitrogen and oxygen atoms in total. The molecule has 0 saturated heterocycles. The SMILES string of the molecule is CCC(C(=O)ONC(=O)c1nc(Br)ccc1N)c1cccc(F)c1. The van der Waals surface area contributed by atoms with Gasteiger partial charge < -0.3 is 10.6 Å². The van der Waals surface area contributed by atoms with E-state index in [1.54, 1.807) is 19.1 Å². The first-order valence-corrected chi connectivity index (χ1v) is 7.90. The van der Waals surface area contributed by atoms with E-state index in [0.29, 0.717) is 16.6 Å². The minimum atomic E-state index is -0.753. The molecular formula is C16H15BrFN3O3. The van der Waals surface area contributed by atoms with Gasteiger partial charge in [-0.25, -0.2) is 14.2 Å². The van der Waals surface area contributed by atoms with Crippen molar-refractivity contribution in [2.24, 2.45) is 0 Å². The van der Waals surface area contributed by atoms with Crippen molar-refractivity contribution in [2.45, 2.75) is 19.3 Å². The number of nitrogens with one attached hydrogen (secondary N) is 1. The number of aromatic nitrogens is 1. The monoisotopic (exact) mass is 395 g/mol. The lowest BCUT2D eigenvalue weighted by molar-refractivity contribution is -0.151. The first-order valence-electron chi connectivity index (χ1n) is 7.11. The van der Waals surface area contributed by atoms with Gasteiger partial charge >= 0.3 is 11.9 Å². The molecule has 24 heavy (non-hydrogen) atoms. The Kier molecular flexibility index (Phi) is 5.86. The van der Waals surface area contributed by atoms with Crippen LogP contribution < -0.4 is 11.2 Å². The predicted molar refractivity (Wildman–Crippen MR) is 89.3 cm³/mol. The van der Waals surface area contributed by atoms with Gasteiger partial charge in [-0.3, -0.25) is 4.79 Å². The molecule has 1 atom stereocenters. The molecule has 8 heteroatoms. The fourth-order valence-corrected chi connectivity index (χ4v) is 2.42. The Bertz CT molecular complexity index is 770. The zero-order chi connectivity index (χ0) is 17.7. The minimum Gasteiger partial charge on any atom is -0.397 e. The summed E-state index contributed by atoms with van der Waals surface area (Å²) in [7, 11) is 0. The van der Waals surface area contributed by atoms with Gasteiger partial charge in [0.1, 0.15) is 10.4 Å². The average Bonchev–Trinajstić information content (AvgIpc) is 2.55. The summed E-state index contributed by atoms with van der Waals surface area (Å²) in [6, 6.07) is 8.74. The topological polar surface area (TPSA) is 94.3 Å². The summed E-state index contributed by atoms with van der Waals surface area (Å²) < 4.78 is 13.7. The smallest absolute Gasteiger partial charge is 0.339 e. The second-order valence-electron chi connectivity index (χ2n) is 4.94. The molecule has 126 valence electrons. The second kappa shape index (κ2) is 7.87. The first-order chi connectivity index (χ1) is 11.4. The molecule has 3 N–H and O–H groups in total. The lowest BCUT2D eigenvalue weighted by atomic mass is 9.97. The Hall–Kier alpha value is -2.48. The Morgan fingerprint density at radius 1 is 1.38 bits per heavy atom. The van der Waals surface area contributed by atoms with Crippen LogP contribution in [0.1, 0.15) is 35.3 Å². The van der Waals surface area contributed by atoms with Crippen LogP contribution in [0.5, 0.6) is 0 Å². The largest absolute Gasteiger partial charge is 0.397 e. The molecule has 0 aliphatic rings. The van der Waals surface area contributed by atoms with Crippen molar-refractivity contribution in [1.82, 2.24) is 10.5 Å². The number of pyridine rings is 1. The molecule has 0 radical (unpaired) electrons. The van der Waals surface area contributed by atoms with Crippen LogP contribution in [0, 0.1) is 5.82 Å². The van der Waals surface area contributed by atoms with E-state index >= 15 is 0 Å². The van der Waals surface area contributed by atoms with E-state index in [1.807, 2.05) is 5.48 Å². The van der Waals surface area contributed by atoms with Crippen molar-refractivity contribution in [3.8, 4) is 0 Å². The number of hydrogen-bond donors (Lipinski definition) is 2. The molecule has 0 spiro atoms. The highest BCUT2D eigenvalue weighted by Crippen LogP contribution is 2.21. The maximum Gasteiger partial charge on any atom is 0.339 e. The summed E-state index contributed by atoms with van der Waals surface area (Å²) in [5.41, 5.74) is 8.22. The third kappa shape index (κ3) is 4.29. The third-order valence-electron chi connectivity index (χ3n) is 3.30. The van der Waals surface area contributed by atoms with Gasteiger partial charge in [-0.15, -0.1) is 0 Å². The number of nitrogen functional groups attached to an aromatic ring is 1. The number of hydrogen-bond acceptors (Lipinski definition) is 5. The lowest BCUT2D eigenvalue weighted by Gasteiger charge is -2.14. The van der Waals surface area contributed by atoms with Gasteiger partial charge in [0, 0.05) is 0 Å². The Labute approximate surface area is 146 Å². The second-order valence-corrected chi connectivity index (χ2v) is 5.75. The van der Waals surface area contributed by atoms with Gasteiger partial charge in [-0.2, -0.15) is 5.48 Å². The molecule has 0 saturated carbocycles. The van der Waals surface area contributed by atoms with Crippen LogP contribution in [-0.2, 0) is 9.63 Å². The number of anilines is 1. The zero-order valence-corrected chi connectivity index (χ0v) is 14.3. The van der Waals surface area contributed by atoms with Gasteiger partial charge in [0.25, 0.3) is 0 Å². The van der Waals surface area contributed by atoms with Crippen molar-refractivity contribution in [3.05, 3.63) is 58.1 Å². The zero-order valence-electron chi connectivity index (χ0n) is 12.8. The number of nitrogens with zero attached hydrogens (tertiary/aromatic N) is 1. The van der Waals surface area contributed by atoms with Crippen molar-refractivity contribution in [3.63, 3.8) is 0 Å². The molecule has 0 bridgehead atoms. The van der Waals surface area contributed by atoms with E-state index < -0.39 is 23.6 Å². The van der Waals surface area contributed by atoms with E-state index in [0.717, 1.165) is 0 Å².